The molecule has 1 saturated carbocycles. The summed E-state index contributed by atoms with van der Waals surface area (Å²) in [5.74, 6) is 0.202. The number of rotatable bonds is 8. The van der Waals surface area contributed by atoms with E-state index in [1.54, 1.807) is 6.20 Å². The number of pyridine rings is 1. The third kappa shape index (κ3) is 5.80. The quantitative estimate of drug-likeness (QED) is 0.461. The number of allylic oxidation sites excluding steroid dienone is 1. The molecule has 7 heteroatoms. The summed E-state index contributed by atoms with van der Waals surface area (Å²) in [4.78, 5) is 9.14. The molecular formula is C28H30F2N4O. The van der Waals surface area contributed by atoms with Gasteiger partial charge in [-0.25, -0.2) is 8.78 Å². The molecule has 0 spiro atoms. The maximum Gasteiger partial charge on any atom is 0.165 e. The van der Waals surface area contributed by atoms with E-state index in [1.807, 2.05) is 30.5 Å². The predicted octanol–water partition coefficient (Wildman–Crippen LogP) is 5.56. The van der Waals surface area contributed by atoms with Gasteiger partial charge in [-0.1, -0.05) is 24.3 Å². The van der Waals surface area contributed by atoms with Crippen LogP contribution in [0.1, 0.15) is 30.4 Å². The number of hydrogen-bond donors (Lipinski definition) is 1. The van der Waals surface area contributed by atoms with Gasteiger partial charge in [-0.2, -0.15) is 0 Å². The molecule has 3 aromatic rings. The van der Waals surface area contributed by atoms with Crippen molar-refractivity contribution in [3.63, 3.8) is 0 Å². The zero-order chi connectivity index (χ0) is 24.0. The summed E-state index contributed by atoms with van der Waals surface area (Å²) in [6.07, 6.45) is 7.25. The fraction of sp³-hybridized carbons (Fsp3) is 0.321. The third-order valence-corrected chi connectivity index (χ3v) is 6.64. The molecule has 1 aliphatic carbocycles. The standard InChI is InChI=1S/C28H30F2N4O/c29-26-11-3-8-23(27(26)30)20-35-25-10-1-5-21(17-25)19-33-13-15-34(16-14-33)28(22-6-2-7-22)32-24-9-4-12-31-18-24/h1,3-5,8-12,17-18,32H,2,6-7,13-16,19-20H2. The van der Waals surface area contributed by atoms with Crippen LogP contribution in [0.2, 0.25) is 0 Å². The van der Waals surface area contributed by atoms with Gasteiger partial charge in [-0.05, 0) is 60.7 Å². The van der Waals surface area contributed by atoms with E-state index in [-0.39, 0.29) is 12.2 Å². The molecule has 35 heavy (non-hydrogen) atoms. The summed E-state index contributed by atoms with van der Waals surface area (Å²) < 4.78 is 33.1. The van der Waals surface area contributed by atoms with Gasteiger partial charge in [-0.3, -0.25) is 9.88 Å². The van der Waals surface area contributed by atoms with Crippen LogP contribution in [-0.2, 0) is 13.2 Å². The highest BCUT2D eigenvalue weighted by molar-refractivity contribution is 5.47. The molecule has 0 amide bonds. The van der Waals surface area contributed by atoms with E-state index in [0.717, 1.165) is 62.9 Å². The summed E-state index contributed by atoms with van der Waals surface area (Å²) in [6, 6.07) is 16.0. The van der Waals surface area contributed by atoms with Crippen LogP contribution in [0.3, 0.4) is 0 Å². The molecule has 1 N–H and O–H groups in total. The molecule has 0 bridgehead atoms. The number of piperazine rings is 1. The molecule has 0 radical (unpaired) electrons. The summed E-state index contributed by atoms with van der Waals surface area (Å²) in [5, 5.41) is 3.62. The van der Waals surface area contributed by atoms with Crippen molar-refractivity contribution in [2.24, 2.45) is 0 Å². The zero-order valence-corrected chi connectivity index (χ0v) is 19.7. The monoisotopic (exact) mass is 476 g/mol. The van der Waals surface area contributed by atoms with Gasteiger partial charge in [0.05, 0.1) is 11.9 Å². The van der Waals surface area contributed by atoms with Gasteiger partial charge in [0.15, 0.2) is 11.6 Å². The van der Waals surface area contributed by atoms with Gasteiger partial charge < -0.3 is 15.0 Å². The highest BCUT2D eigenvalue weighted by Crippen LogP contribution is 2.31. The van der Waals surface area contributed by atoms with E-state index in [2.05, 4.69) is 32.2 Å². The van der Waals surface area contributed by atoms with E-state index in [1.165, 1.54) is 29.9 Å². The van der Waals surface area contributed by atoms with Crippen LogP contribution in [0.25, 0.3) is 0 Å². The first-order valence-corrected chi connectivity index (χ1v) is 12.2. The molecule has 5 nitrogen and oxygen atoms in total. The Morgan fingerprint density at radius 3 is 2.54 bits per heavy atom. The Bertz CT molecular complexity index is 1170. The van der Waals surface area contributed by atoms with Gasteiger partial charge in [0.1, 0.15) is 18.2 Å². The minimum Gasteiger partial charge on any atom is -0.489 e. The van der Waals surface area contributed by atoms with Crippen molar-refractivity contribution in [1.82, 2.24) is 14.8 Å². The lowest BCUT2D eigenvalue weighted by Crippen LogP contribution is -2.47. The lowest BCUT2D eigenvalue weighted by atomic mass is 9.91. The Morgan fingerprint density at radius 1 is 0.971 bits per heavy atom. The van der Waals surface area contributed by atoms with Gasteiger partial charge >= 0.3 is 0 Å². The summed E-state index contributed by atoms with van der Waals surface area (Å²) in [6.45, 7) is 4.66. The maximum absolute atomic E-state index is 13.9. The van der Waals surface area contributed by atoms with Crippen molar-refractivity contribution in [2.75, 3.05) is 31.5 Å². The Morgan fingerprint density at radius 2 is 1.80 bits per heavy atom. The van der Waals surface area contributed by atoms with Crippen molar-refractivity contribution in [3.8, 4) is 5.75 Å². The van der Waals surface area contributed by atoms with Crippen LogP contribution < -0.4 is 10.1 Å². The second-order valence-corrected chi connectivity index (χ2v) is 9.08. The Balaban J connectivity index is 1.16. The second-order valence-electron chi connectivity index (χ2n) is 9.08. The van der Waals surface area contributed by atoms with E-state index in [9.17, 15) is 8.78 Å². The van der Waals surface area contributed by atoms with E-state index in [0.29, 0.717) is 5.75 Å². The summed E-state index contributed by atoms with van der Waals surface area (Å²) >= 11 is 0. The largest absolute Gasteiger partial charge is 0.489 e. The smallest absolute Gasteiger partial charge is 0.165 e. The van der Waals surface area contributed by atoms with Crippen molar-refractivity contribution < 1.29 is 13.5 Å². The Kier molecular flexibility index (Phi) is 7.23. The minimum atomic E-state index is -0.856. The van der Waals surface area contributed by atoms with Gasteiger partial charge in [0, 0.05) is 44.5 Å². The molecule has 2 fully saturated rings. The normalized spacial score (nSPS) is 16.1. The molecule has 0 unspecified atom stereocenters. The zero-order valence-electron chi connectivity index (χ0n) is 19.7. The number of hydrogen-bond acceptors (Lipinski definition) is 5. The van der Waals surface area contributed by atoms with E-state index >= 15 is 0 Å². The molecule has 182 valence electrons. The van der Waals surface area contributed by atoms with Crippen LogP contribution in [-0.4, -0.2) is 41.0 Å². The third-order valence-electron chi connectivity index (χ3n) is 6.64. The maximum atomic E-state index is 13.9. The topological polar surface area (TPSA) is 40.6 Å². The first-order chi connectivity index (χ1) is 17.2. The molecule has 1 aromatic heterocycles. The highest BCUT2D eigenvalue weighted by atomic mass is 19.2. The van der Waals surface area contributed by atoms with Gasteiger partial charge in [-0.15, -0.1) is 0 Å². The number of anilines is 1. The number of aromatic nitrogens is 1. The van der Waals surface area contributed by atoms with Crippen LogP contribution in [0.4, 0.5) is 14.5 Å². The second kappa shape index (κ2) is 10.9. The van der Waals surface area contributed by atoms with Crippen LogP contribution in [0.5, 0.6) is 5.75 Å². The Labute approximate surface area is 205 Å². The van der Waals surface area contributed by atoms with Crippen molar-refractivity contribution >= 4 is 5.69 Å². The highest BCUT2D eigenvalue weighted by Gasteiger charge is 2.24. The molecule has 0 atom stereocenters. The van der Waals surface area contributed by atoms with Crippen molar-refractivity contribution in [3.05, 3.63) is 101 Å². The first-order valence-electron chi connectivity index (χ1n) is 12.2. The number of halogens is 2. The molecule has 1 saturated heterocycles. The fourth-order valence-electron chi connectivity index (χ4n) is 4.50. The molecular weight excluding hydrogens is 446 g/mol. The molecule has 2 heterocycles. The molecule has 2 aliphatic rings. The molecule has 1 aliphatic heterocycles. The minimum absolute atomic E-state index is 0.00685. The predicted molar refractivity (Wildman–Crippen MR) is 133 cm³/mol. The number of benzene rings is 2. The number of nitrogens with zero attached hydrogens (tertiary/aromatic N) is 3. The lowest BCUT2D eigenvalue weighted by Gasteiger charge is -2.39. The first kappa shape index (κ1) is 23.3. The van der Waals surface area contributed by atoms with Gasteiger partial charge in [0.25, 0.3) is 0 Å². The van der Waals surface area contributed by atoms with Crippen molar-refractivity contribution in [2.45, 2.75) is 32.4 Å². The summed E-state index contributed by atoms with van der Waals surface area (Å²) in [7, 11) is 0. The Hall–Kier alpha value is -3.45. The average Bonchev–Trinajstić information content (AvgIpc) is 2.85. The number of nitrogens with one attached hydrogen (secondary N) is 1. The van der Waals surface area contributed by atoms with Crippen LogP contribution in [0, 0.1) is 11.6 Å². The SMILES string of the molecule is Fc1cccc(COc2cccc(CN3CCN(C(Nc4cccnc4)=C4CCC4)CC3)c2)c1F. The van der Waals surface area contributed by atoms with Crippen LogP contribution >= 0.6 is 0 Å². The number of ether oxygens (including phenoxy) is 1. The molecule has 5 rings (SSSR count). The fourth-order valence-corrected chi connectivity index (χ4v) is 4.50. The van der Waals surface area contributed by atoms with Gasteiger partial charge in [0.2, 0.25) is 0 Å². The average molecular weight is 477 g/mol. The lowest BCUT2D eigenvalue weighted by molar-refractivity contribution is 0.151. The summed E-state index contributed by atoms with van der Waals surface area (Å²) in [5.41, 5.74) is 3.88. The molecule has 2 aromatic carbocycles. The van der Waals surface area contributed by atoms with Crippen molar-refractivity contribution in [1.29, 1.82) is 0 Å². The van der Waals surface area contributed by atoms with Crippen LogP contribution in [0.15, 0.2) is 78.4 Å². The van der Waals surface area contributed by atoms with E-state index < -0.39 is 11.6 Å². The van der Waals surface area contributed by atoms with E-state index in [4.69, 9.17) is 4.74 Å².